The second-order valence-electron chi connectivity index (χ2n) is 2.42. The first-order chi connectivity index (χ1) is 6.54. The van der Waals surface area contributed by atoms with Crippen molar-refractivity contribution in [2.24, 2.45) is 0 Å². The maximum atomic E-state index is 5.94. The van der Waals surface area contributed by atoms with Crippen LogP contribution in [0, 0.1) is 3.57 Å². The van der Waals surface area contributed by atoms with Gasteiger partial charge in [0.25, 0.3) is 0 Å². The largest absolute Gasteiger partial charge is 0.494 e. The summed E-state index contributed by atoms with van der Waals surface area (Å²) in [6.45, 7) is 0. The molecule has 0 aliphatic rings. The highest BCUT2D eigenvalue weighted by Gasteiger charge is 2.20. The zero-order valence-corrected chi connectivity index (χ0v) is 11.2. The normalized spacial score (nSPS) is 10.1. The van der Waals surface area contributed by atoms with Crippen LogP contribution >= 0.6 is 45.8 Å². The first-order valence-corrected chi connectivity index (χ1v) is 5.42. The molecular formula is C8H8Cl2INO2. The number of benzene rings is 1. The van der Waals surface area contributed by atoms with E-state index >= 15 is 0 Å². The standard InChI is InChI=1S/C8H8Cl2INO2/c1-13-7-3(9)6(12)4(10)8(14-2)5(7)11/h12H2,1-2H3. The SMILES string of the molecule is COc1c(Cl)c(N)c(Cl)c(OC)c1I. The Morgan fingerprint density at radius 3 is 1.71 bits per heavy atom. The Kier molecular flexibility index (Phi) is 3.97. The summed E-state index contributed by atoms with van der Waals surface area (Å²) >= 11 is 13.9. The molecular weight excluding hydrogens is 340 g/mol. The van der Waals surface area contributed by atoms with E-state index in [0.717, 1.165) is 0 Å². The monoisotopic (exact) mass is 347 g/mol. The van der Waals surface area contributed by atoms with Crippen LogP contribution in [0.25, 0.3) is 0 Å². The number of rotatable bonds is 2. The van der Waals surface area contributed by atoms with E-state index in [-0.39, 0.29) is 5.69 Å². The van der Waals surface area contributed by atoms with Gasteiger partial charge < -0.3 is 15.2 Å². The molecule has 0 saturated carbocycles. The predicted molar refractivity (Wildman–Crippen MR) is 66.7 cm³/mol. The molecule has 0 fully saturated rings. The number of ether oxygens (including phenoxy) is 2. The van der Waals surface area contributed by atoms with Gasteiger partial charge in [0, 0.05) is 0 Å². The Balaban J connectivity index is 3.56. The van der Waals surface area contributed by atoms with Crippen LogP contribution in [-0.4, -0.2) is 14.2 Å². The van der Waals surface area contributed by atoms with Crippen molar-refractivity contribution in [2.75, 3.05) is 20.0 Å². The second kappa shape index (κ2) is 4.63. The maximum absolute atomic E-state index is 5.94. The first-order valence-electron chi connectivity index (χ1n) is 3.58. The van der Waals surface area contributed by atoms with E-state index < -0.39 is 0 Å². The van der Waals surface area contributed by atoms with Crippen molar-refractivity contribution in [3.05, 3.63) is 13.6 Å². The molecule has 0 aliphatic heterocycles. The molecule has 1 rings (SSSR count). The minimum atomic E-state index is 0.266. The van der Waals surface area contributed by atoms with Crippen LogP contribution in [0.15, 0.2) is 0 Å². The van der Waals surface area contributed by atoms with Gasteiger partial charge in [0.15, 0.2) is 11.5 Å². The average molecular weight is 348 g/mol. The molecule has 3 nitrogen and oxygen atoms in total. The molecule has 0 spiro atoms. The van der Waals surface area contributed by atoms with Crippen LogP contribution in [0.1, 0.15) is 0 Å². The molecule has 0 bridgehead atoms. The Morgan fingerprint density at radius 2 is 1.43 bits per heavy atom. The fraction of sp³-hybridized carbons (Fsp3) is 0.250. The van der Waals surface area contributed by atoms with Gasteiger partial charge in [-0.2, -0.15) is 0 Å². The van der Waals surface area contributed by atoms with Crippen LogP contribution < -0.4 is 15.2 Å². The minimum absolute atomic E-state index is 0.266. The Labute approximate surface area is 106 Å². The number of anilines is 1. The van der Waals surface area contributed by atoms with Gasteiger partial charge >= 0.3 is 0 Å². The quantitative estimate of drug-likeness (QED) is 0.660. The average Bonchev–Trinajstić information content (AvgIpc) is 2.16. The van der Waals surface area contributed by atoms with Gasteiger partial charge in [-0.25, -0.2) is 0 Å². The molecule has 0 amide bonds. The van der Waals surface area contributed by atoms with Gasteiger partial charge in [0.05, 0.1) is 19.9 Å². The molecule has 0 unspecified atom stereocenters. The van der Waals surface area contributed by atoms with Crippen LogP contribution in [0.4, 0.5) is 5.69 Å². The number of methoxy groups -OCH3 is 2. The molecule has 0 atom stereocenters. The van der Waals surface area contributed by atoms with Crippen LogP contribution in [-0.2, 0) is 0 Å². The molecule has 2 N–H and O–H groups in total. The van der Waals surface area contributed by atoms with E-state index in [9.17, 15) is 0 Å². The van der Waals surface area contributed by atoms with E-state index in [1.54, 1.807) is 0 Å². The summed E-state index contributed by atoms with van der Waals surface area (Å²) in [6, 6.07) is 0. The smallest absolute Gasteiger partial charge is 0.156 e. The second-order valence-corrected chi connectivity index (χ2v) is 4.26. The van der Waals surface area contributed by atoms with Crippen molar-refractivity contribution >= 4 is 51.5 Å². The number of halogens is 3. The van der Waals surface area contributed by atoms with Gasteiger partial charge in [-0.15, -0.1) is 0 Å². The van der Waals surface area contributed by atoms with E-state index in [0.29, 0.717) is 25.1 Å². The molecule has 14 heavy (non-hydrogen) atoms. The highest BCUT2D eigenvalue weighted by Crippen LogP contribution is 2.46. The first kappa shape index (κ1) is 12.0. The third-order valence-electron chi connectivity index (χ3n) is 1.68. The molecule has 0 saturated heterocycles. The van der Waals surface area contributed by atoms with Crippen LogP contribution in [0.5, 0.6) is 11.5 Å². The molecule has 6 heteroatoms. The number of hydrogen-bond acceptors (Lipinski definition) is 3. The highest BCUT2D eigenvalue weighted by molar-refractivity contribution is 14.1. The third kappa shape index (κ3) is 1.83. The summed E-state index contributed by atoms with van der Waals surface area (Å²) in [7, 11) is 3.02. The summed E-state index contributed by atoms with van der Waals surface area (Å²) in [5.41, 5.74) is 5.94. The molecule has 1 aromatic rings. The molecule has 78 valence electrons. The topological polar surface area (TPSA) is 44.5 Å². The molecule has 1 aromatic carbocycles. The number of nitrogen functional groups attached to an aromatic ring is 1. The predicted octanol–water partition coefficient (Wildman–Crippen LogP) is 3.20. The van der Waals surface area contributed by atoms with Gasteiger partial charge in [0.2, 0.25) is 0 Å². The summed E-state index contributed by atoms with van der Waals surface area (Å²) in [6.07, 6.45) is 0. The summed E-state index contributed by atoms with van der Waals surface area (Å²) in [5.74, 6) is 0.956. The maximum Gasteiger partial charge on any atom is 0.156 e. The van der Waals surface area contributed by atoms with E-state index in [2.05, 4.69) is 0 Å². The minimum Gasteiger partial charge on any atom is -0.494 e. The molecule has 0 heterocycles. The van der Waals surface area contributed by atoms with Crippen LogP contribution in [0.3, 0.4) is 0 Å². The van der Waals surface area contributed by atoms with Crippen molar-refractivity contribution in [3.8, 4) is 11.5 Å². The Morgan fingerprint density at radius 1 is 1.07 bits per heavy atom. The molecule has 0 aliphatic carbocycles. The van der Waals surface area contributed by atoms with Gasteiger partial charge in [0.1, 0.15) is 13.6 Å². The van der Waals surface area contributed by atoms with E-state index in [1.807, 2.05) is 22.6 Å². The lowest BCUT2D eigenvalue weighted by atomic mass is 10.3. The van der Waals surface area contributed by atoms with Crippen molar-refractivity contribution in [1.82, 2.24) is 0 Å². The fourth-order valence-corrected chi connectivity index (χ4v) is 2.87. The van der Waals surface area contributed by atoms with Crippen molar-refractivity contribution in [3.63, 3.8) is 0 Å². The lowest BCUT2D eigenvalue weighted by Crippen LogP contribution is -1.99. The fourth-order valence-electron chi connectivity index (χ4n) is 0.995. The molecule has 0 radical (unpaired) electrons. The highest BCUT2D eigenvalue weighted by atomic mass is 127. The van der Waals surface area contributed by atoms with Crippen molar-refractivity contribution < 1.29 is 9.47 Å². The van der Waals surface area contributed by atoms with E-state index in [1.165, 1.54) is 14.2 Å². The lowest BCUT2D eigenvalue weighted by molar-refractivity contribution is 0.389. The summed E-state index contributed by atoms with van der Waals surface area (Å²) in [5, 5.41) is 0.616. The van der Waals surface area contributed by atoms with Crippen molar-refractivity contribution in [1.29, 1.82) is 0 Å². The van der Waals surface area contributed by atoms with Crippen molar-refractivity contribution in [2.45, 2.75) is 0 Å². The van der Waals surface area contributed by atoms with Gasteiger partial charge in [-0.1, -0.05) is 23.2 Å². The number of nitrogens with two attached hydrogens (primary N) is 1. The van der Waals surface area contributed by atoms with E-state index in [4.69, 9.17) is 38.4 Å². The number of hydrogen-bond donors (Lipinski definition) is 1. The Bertz CT molecular complexity index is 340. The zero-order chi connectivity index (χ0) is 10.9. The Hall–Kier alpha value is -0.0700. The van der Waals surface area contributed by atoms with Gasteiger partial charge in [-0.05, 0) is 22.6 Å². The lowest BCUT2D eigenvalue weighted by Gasteiger charge is -2.14. The van der Waals surface area contributed by atoms with Crippen LogP contribution in [0.2, 0.25) is 10.0 Å². The zero-order valence-electron chi connectivity index (χ0n) is 7.53. The summed E-state index contributed by atoms with van der Waals surface area (Å²) < 4.78 is 10.9. The third-order valence-corrected chi connectivity index (χ3v) is 3.41. The summed E-state index contributed by atoms with van der Waals surface area (Å²) in [4.78, 5) is 0. The molecule has 0 aromatic heterocycles. The van der Waals surface area contributed by atoms with Gasteiger partial charge in [-0.3, -0.25) is 0 Å².